The second kappa shape index (κ2) is 10.3. The first kappa shape index (κ1) is 22.7. The molecule has 1 aliphatic rings. The number of alkyl halides is 2. The van der Waals surface area contributed by atoms with Crippen LogP contribution in [0.5, 0.6) is 0 Å². The van der Waals surface area contributed by atoms with Gasteiger partial charge in [0.25, 0.3) is 18.2 Å². The van der Waals surface area contributed by atoms with E-state index in [1.54, 1.807) is 43.0 Å². The number of ether oxygens (including phenoxy) is 1. The van der Waals surface area contributed by atoms with Crippen LogP contribution in [-0.4, -0.2) is 67.9 Å². The smallest absolute Gasteiger partial charge is 0.253 e. The Morgan fingerprint density at radius 2 is 1.90 bits per heavy atom. The fourth-order valence-electron chi connectivity index (χ4n) is 3.13. The van der Waals surface area contributed by atoms with E-state index in [-0.39, 0.29) is 25.0 Å². The Labute approximate surface area is 168 Å². The van der Waals surface area contributed by atoms with Crippen molar-refractivity contribution in [1.29, 1.82) is 0 Å². The monoisotopic (exact) mass is 412 g/mol. The number of nitrogens with one attached hydrogen (secondary N) is 1. The van der Waals surface area contributed by atoms with Crippen LogP contribution in [0.4, 0.5) is 20.2 Å². The van der Waals surface area contributed by atoms with Gasteiger partial charge in [0.15, 0.2) is 6.04 Å². The van der Waals surface area contributed by atoms with Crippen LogP contribution in [-0.2, 0) is 19.1 Å². The number of anilines is 2. The molecule has 1 aliphatic heterocycles. The number of carbonyl (C=O) groups is 3. The molecule has 10 heteroatoms. The van der Waals surface area contributed by atoms with E-state index in [9.17, 15) is 23.2 Å². The minimum Gasteiger partial charge on any atom is -0.370 e. The zero-order valence-corrected chi connectivity index (χ0v) is 16.4. The van der Waals surface area contributed by atoms with Gasteiger partial charge in [-0.1, -0.05) is 13.8 Å². The molecule has 160 valence electrons. The standard InChI is InChI=1S/C19H26F2N4O4/c1-12(2)9-24(10-15(20)21)17(18(22)27)19(28)23-13-3-5-14(6-4-13)25-7-8-29-11-16(25)26/h3-6,12,15,17H,7-11H2,1-2H3,(H2,22,27)(H,23,28)/t17-/m0/s1. The molecule has 0 bridgehead atoms. The van der Waals surface area contributed by atoms with Gasteiger partial charge >= 0.3 is 0 Å². The molecule has 0 saturated carbocycles. The molecular formula is C19H26F2N4O4. The summed E-state index contributed by atoms with van der Waals surface area (Å²) in [4.78, 5) is 39.0. The lowest BCUT2D eigenvalue weighted by Gasteiger charge is -2.30. The molecule has 3 N–H and O–H groups in total. The second-order valence-electron chi connectivity index (χ2n) is 7.18. The Kier molecular flexibility index (Phi) is 8.03. The molecular weight excluding hydrogens is 386 g/mol. The summed E-state index contributed by atoms with van der Waals surface area (Å²) < 4.78 is 31.0. The van der Waals surface area contributed by atoms with Gasteiger partial charge in [-0.05, 0) is 30.2 Å². The molecule has 29 heavy (non-hydrogen) atoms. The summed E-state index contributed by atoms with van der Waals surface area (Å²) in [5.41, 5.74) is 6.33. The lowest BCUT2D eigenvalue weighted by molar-refractivity contribution is -0.133. The van der Waals surface area contributed by atoms with Gasteiger partial charge in [0.1, 0.15) is 6.61 Å². The highest BCUT2D eigenvalue weighted by atomic mass is 19.3. The Hall–Kier alpha value is -2.59. The van der Waals surface area contributed by atoms with Crippen LogP contribution in [0.25, 0.3) is 0 Å². The summed E-state index contributed by atoms with van der Waals surface area (Å²) in [5.74, 6) is -2.00. The topological polar surface area (TPSA) is 105 Å². The molecule has 0 unspecified atom stereocenters. The molecule has 1 aromatic carbocycles. The summed E-state index contributed by atoms with van der Waals surface area (Å²) in [6, 6.07) is 4.89. The van der Waals surface area contributed by atoms with Gasteiger partial charge in [0.05, 0.1) is 13.2 Å². The first-order chi connectivity index (χ1) is 13.7. The number of hydrogen-bond acceptors (Lipinski definition) is 5. The van der Waals surface area contributed by atoms with Gasteiger partial charge in [0, 0.05) is 24.5 Å². The van der Waals surface area contributed by atoms with Crippen LogP contribution in [0, 0.1) is 5.92 Å². The van der Waals surface area contributed by atoms with Crippen molar-refractivity contribution in [3.63, 3.8) is 0 Å². The lowest BCUT2D eigenvalue weighted by Crippen LogP contribution is -2.54. The summed E-state index contributed by atoms with van der Waals surface area (Å²) in [7, 11) is 0. The van der Waals surface area contributed by atoms with Crippen molar-refractivity contribution >= 4 is 29.1 Å². The van der Waals surface area contributed by atoms with Crippen molar-refractivity contribution in [2.24, 2.45) is 11.7 Å². The maximum absolute atomic E-state index is 12.9. The molecule has 1 fully saturated rings. The normalized spacial score (nSPS) is 15.8. The summed E-state index contributed by atoms with van der Waals surface area (Å²) >= 11 is 0. The average Bonchev–Trinajstić information content (AvgIpc) is 2.61. The number of benzene rings is 1. The fourth-order valence-corrected chi connectivity index (χ4v) is 3.13. The lowest BCUT2D eigenvalue weighted by atomic mass is 10.1. The third-order valence-electron chi connectivity index (χ3n) is 4.29. The van der Waals surface area contributed by atoms with E-state index in [0.29, 0.717) is 24.5 Å². The molecule has 1 heterocycles. The third-order valence-corrected chi connectivity index (χ3v) is 4.29. The van der Waals surface area contributed by atoms with Gasteiger partial charge in [-0.15, -0.1) is 0 Å². The van der Waals surface area contributed by atoms with Crippen LogP contribution in [0.3, 0.4) is 0 Å². The van der Waals surface area contributed by atoms with Crippen LogP contribution in [0.1, 0.15) is 13.8 Å². The fraction of sp³-hybridized carbons (Fsp3) is 0.526. The minimum atomic E-state index is -2.71. The molecule has 0 aromatic heterocycles. The van der Waals surface area contributed by atoms with Crippen molar-refractivity contribution in [2.75, 3.05) is 43.1 Å². The van der Waals surface area contributed by atoms with Gasteiger partial charge in [-0.25, -0.2) is 8.78 Å². The van der Waals surface area contributed by atoms with Crippen molar-refractivity contribution < 1.29 is 27.9 Å². The summed E-state index contributed by atoms with van der Waals surface area (Å²) in [6.07, 6.45) is -2.71. The predicted octanol–water partition coefficient (Wildman–Crippen LogP) is 1.07. The van der Waals surface area contributed by atoms with E-state index in [1.807, 2.05) is 0 Å². The maximum Gasteiger partial charge on any atom is 0.253 e. The van der Waals surface area contributed by atoms with Gasteiger partial charge in [-0.2, -0.15) is 0 Å². The largest absolute Gasteiger partial charge is 0.370 e. The Morgan fingerprint density at radius 3 is 2.41 bits per heavy atom. The number of halogens is 2. The highest BCUT2D eigenvalue weighted by Gasteiger charge is 2.33. The molecule has 0 radical (unpaired) electrons. The highest BCUT2D eigenvalue weighted by molar-refractivity contribution is 6.09. The summed E-state index contributed by atoms with van der Waals surface area (Å²) in [6.45, 7) is 3.82. The van der Waals surface area contributed by atoms with Crippen LogP contribution in [0.15, 0.2) is 24.3 Å². The van der Waals surface area contributed by atoms with E-state index in [0.717, 1.165) is 4.90 Å². The van der Waals surface area contributed by atoms with Crippen molar-refractivity contribution in [3.05, 3.63) is 24.3 Å². The summed E-state index contributed by atoms with van der Waals surface area (Å²) in [5, 5.41) is 2.54. The van der Waals surface area contributed by atoms with Crippen molar-refractivity contribution in [3.8, 4) is 0 Å². The quantitative estimate of drug-likeness (QED) is 0.591. The van der Waals surface area contributed by atoms with E-state index >= 15 is 0 Å². The number of hydrogen-bond donors (Lipinski definition) is 2. The number of nitrogens with two attached hydrogens (primary N) is 1. The van der Waals surface area contributed by atoms with Crippen LogP contribution < -0.4 is 16.0 Å². The number of rotatable bonds is 9. The zero-order valence-electron chi connectivity index (χ0n) is 16.4. The number of nitrogens with zero attached hydrogens (tertiary/aromatic N) is 2. The van der Waals surface area contributed by atoms with Gasteiger partial charge < -0.3 is 20.7 Å². The van der Waals surface area contributed by atoms with E-state index in [4.69, 9.17) is 10.5 Å². The van der Waals surface area contributed by atoms with Crippen molar-refractivity contribution in [2.45, 2.75) is 26.3 Å². The SMILES string of the molecule is CC(C)CN(CC(F)F)[C@@H](C(N)=O)C(=O)Nc1ccc(N2CCOCC2=O)cc1. The Morgan fingerprint density at radius 1 is 1.24 bits per heavy atom. The third kappa shape index (κ3) is 6.47. The molecule has 8 nitrogen and oxygen atoms in total. The van der Waals surface area contributed by atoms with Crippen LogP contribution >= 0.6 is 0 Å². The number of amides is 3. The molecule has 1 saturated heterocycles. The average molecular weight is 412 g/mol. The zero-order chi connectivity index (χ0) is 21.6. The Bertz CT molecular complexity index is 717. The van der Waals surface area contributed by atoms with Crippen molar-refractivity contribution in [1.82, 2.24) is 4.90 Å². The Balaban J connectivity index is 2.12. The molecule has 2 rings (SSSR count). The van der Waals surface area contributed by atoms with Gasteiger partial charge in [0.2, 0.25) is 5.91 Å². The highest BCUT2D eigenvalue weighted by Crippen LogP contribution is 2.20. The first-order valence-electron chi connectivity index (χ1n) is 9.29. The number of carbonyl (C=O) groups excluding carboxylic acids is 3. The van der Waals surface area contributed by atoms with E-state index in [2.05, 4.69) is 5.32 Å². The van der Waals surface area contributed by atoms with E-state index in [1.165, 1.54) is 0 Å². The maximum atomic E-state index is 12.9. The van der Waals surface area contributed by atoms with Gasteiger partial charge in [-0.3, -0.25) is 19.3 Å². The molecule has 1 atom stereocenters. The molecule has 3 amide bonds. The number of morpholine rings is 1. The molecule has 0 aliphatic carbocycles. The second-order valence-corrected chi connectivity index (χ2v) is 7.18. The molecule has 1 aromatic rings. The minimum absolute atomic E-state index is 0.00853. The van der Waals surface area contributed by atoms with E-state index < -0.39 is 30.8 Å². The van der Waals surface area contributed by atoms with Crippen LogP contribution in [0.2, 0.25) is 0 Å². The number of primary amides is 1. The first-order valence-corrected chi connectivity index (χ1v) is 9.29. The predicted molar refractivity (Wildman–Crippen MR) is 104 cm³/mol. The molecule has 0 spiro atoms.